The molecule has 1 heterocycles. The molecule has 0 atom stereocenters. The van der Waals surface area contributed by atoms with Gasteiger partial charge in [0.2, 0.25) is 0 Å². The number of fused-ring (bicyclic) bond motifs is 7. The van der Waals surface area contributed by atoms with E-state index in [2.05, 4.69) is 200 Å². The zero-order chi connectivity index (χ0) is 36.3. The third-order valence-electron chi connectivity index (χ3n) is 11.3. The summed E-state index contributed by atoms with van der Waals surface area (Å²) in [5, 5.41) is 9.76. The van der Waals surface area contributed by atoms with E-state index in [0.717, 1.165) is 27.7 Å². The van der Waals surface area contributed by atoms with Crippen molar-refractivity contribution < 1.29 is 4.42 Å². The van der Waals surface area contributed by atoms with Crippen LogP contribution in [0.25, 0.3) is 110 Å². The molecule has 0 aliphatic rings. The molecule has 0 N–H and O–H groups in total. The van der Waals surface area contributed by atoms with Gasteiger partial charge in [0.1, 0.15) is 11.2 Å². The van der Waals surface area contributed by atoms with Crippen molar-refractivity contribution in [3.05, 3.63) is 206 Å². The van der Waals surface area contributed by atoms with Gasteiger partial charge in [0.25, 0.3) is 0 Å². The van der Waals surface area contributed by atoms with Gasteiger partial charge in [-0.05, 0) is 101 Å². The molecule has 0 radical (unpaired) electrons. The molecule has 1 aromatic heterocycles. The van der Waals surface area contributed by atoms with Crippen molar-refractivity contribution in [2.24, 2.45) is 0 Å². The van der Waals surface area contributed by atoms with E-state index in [1.807, 2.05) is 6.07 Å². The lowest BCUT2D eigenvalue weighted by Crippen LogP contribution is -1.91. The van der Waals surface area contributed by atoms with Crippen molar-refractivity contribution in [2.45, 2.75) is 0 Å². The number of furan rings is 1. The van der Waals surface area contributed by atoms with Gasteiger partial charge >= 0.3 is 0 Å². The minimum Gasteiger partial charge on any atom is -0.455 e. The lowest BCUT2D eigenvalue weighted by molar-refractivity contribution is 0.670. The fourth-order valence-electron chi connectivity index (χ4n) is 8.78. The molecule has 10 aromatic carbocycles. The summed E-state index contributed by atoms with van der Waals surface area (Å²) in [7, 11) is 0. The van der Waals surface area contributed by atoms with Crippen molar-refractivity contribution >= 4 is 54.3 Å². The summed E-state index contributed by atoms with van der Waals surface area (Å²) in [6.45, 7) is 0. The van der Waals surface area contributed by atoms with Gasteiger partial charge in [-0.2, -0.15) is 0 Å². The van der Waals surface area contributed by atoms with Crippen LogP contribution in [0.5, 0.6) is 0 Å². The highest BCUT2D eigenvalue weighted by Crippen LogP contribution is 2.46. The Hall–Kier alpha value is -7.22. The average molecular weight is 699 g/mol. The maximum Gasteiger partial charge on any atom is 0.143 e. The van der Waals surface area contributed by atoms with E-state index in [4.69, 9.17) is 4.42 Å². The Bertz CT molecular complexity index is 3230. The minimum atomic E-state index is 0.909. The summed E-state index contributed by atoms with van der Waals surface area (Å²) >= 11 is 0. The SMILES string of the molecule is c1ccc(-c2c3ccccc3c(-c3ccccc3)c3cc(-c4ccc(-c5ccccc5-c5cc6ccccc6c6c5oc5ccccc56)cc4)ccc23)cc1. The van der Waals surface area contributed by atoms with Crippen molar-refractivity contribution in [1.82, 2.24) is 0 Å². The second-order valence-electron chi connectivity index (χ2n) is 14.4. The van der Waals surface area contributed by atoms with Gasteiger partial charge in [-0.1, -0.05) is 188 Å². The van der Waals surface area contributed by atoms with Gasteiger partial charge in [-0.25, -0.2) is 0 Å². The van der Waals surface area contributed by atoms with Crippen molar-refractivity contribution in [3.63, 3.8) is 0 Å². The normalized spacial score (nSPS) is 11.6. The third-order valence-corrected chi connectivity index (χ3v) is 11.3. The molecule has 256 valence electrons. The highest BCUT2D eigenvalue weighted by molar-refractivity contribution is 6.24. The van der Waals surface area contributed by atoms with Gasteiger partial charge in [-0.3, -0.25) is 0 Å². The molecule has 0 fully saturated rings. The molecular formula is C54H34O. The molecule has 0 spiro atoms. The Labute approximate surface area is 319 Å². The molecule has 0 aliphatic carbocycles. The molecule has 1 nitrogen and oxygen atoms in total. The summed E-state index contributed by atoms with van der Waals surface area (Å²) in [4.78, 5) is 0. The first-order chi connectivity index (χ1) is 27.3. The largest absolute Gasteiger partial charge is 0.455 e. The Morgan fingerprint density at radius 3 is 1.49 bits per heavy atom. The molecule has 0 saturated heterocycles. The number of hydrogen-bond acceptors (Lipinski definition) is 1. The molecule has 0 aliphatic heterocycles. The first-order valence-corrected chi connectivity index (χ1v) is 18.9. The van der Waals surface area contributed by atoms with Crippen LogP contribution in [0.4, 0.5) is 0 Å². The van der Waals surface area contributed by atoms with Crippen LogP contribution in [0.2, 0.25) is 0 Å². The van der Waals surface area contributed by atoms with Crippen LogP contribution >= 0.6 is 0 Å². The predicted molar refractivity (Wildman–Crippen MR) is 233 cm³/mol. The number of hydrogen-bond donors (Lipinski definition) is 0. The van der Waals surface area contributed by atoms with E-state index in [1.54, 1.807) is 0 Å². The monoisotopic (exact) mass is 698 g/mol. The van der Waals surface area contributed by atoms with Crippen LogP contribution in [-0.2, 0) is 0 Å². The molecule has 1 heteroatoms. The zero-order valence-electron chi connectivity index (χ0n) is 30.0. The molecule has 0 saturated carbocycles. The maximum absolute atomic E-state index is 6.65. The average Bonchev–Trinajstić information content (AvgIpc) is 3.66. The molecular weight excluding hydrogens is 665 g/mol. The van der Waals surface area contributed by atoms with Gasteiger partial charge in [0.05, 0.1) is 0 Å². The van der Waals surface area contributed by atoms with Crippen LogP contribution in [0.1, 0.15) is 0 Å². The second-order valence-corrected chi connectivity index (χ2v) is 14.4. The molecule has 11 rings (SSSR count). The van der Waals surface area contributed by atoms with Gasteiger partial charge < -0.3 is 4.42 Å². The first-order valence-electron chi connectivity index (χ1n) is 18.9. The smallest absolute Gasteiger partial charge is 0.143 e. The molecule has 0 unspecified atom stereocenters. The number of benzene rings is 10. The fourth-order valence-corrected chi connectivity index (χ4v) is 8.78. The van der Waals surface area contributed by atoms with Crippen LogP contribution < -0.4 is 0 Å². The van der Waals surface area contributed by atoms with E-state index in [0.29, 0.717) is 0 Å². The van der Waals surface area contributed by atoms with Gasteiger partial charge in [0.15, 0.2) is 0 Å². The van der Waals surface area contributed by atoms with Crippen LogP contribution in [-0.4, -0.2) is 0 Å². The third kappa shape index (κ3) is 5.09. The highest BCUT2D eigenvalue weighted by atomic mass is 16.3. The lowest BCUT2D eigenvalue weighted by atomic mass is 9.85. The summed E-state index contributed by atoms with van der Waals surface area (Å²) in [6.07, 6.45) is 0. The summed E-state index contributed by atoms with van der Waals surface area (Å²) in [5.74, 6) is 0. The predicted octanol–water partition coefficient (Wildman–Crippen LogP) is 15.4. The summed E-state index contributed by atoms with van der Waals surface area (Å²) in [5.41, 5.74) is 13.8. The van der Waals surface area contributed by atoms with E-state index in [-0.39, 0.29) is 0 Å². The maximum atomic E-state index is 6.65. The van der Waals surface area contributed by atoms with Gasteiger partial charge in [0, 0.05) is 16.3 Å². The minimum absolute atomic E-state index is 0.909. The summed E-state index contributed by atoms with van der Waals surface area (Å²) < 4.78 is 6.65. The van der Waals surface area contributed by atoms with E-state index in [1.165, 1.54) is 82.2 Å². The molecule has 55 heavy (non-hydrogen) atoms. The molecule has 11 aromatic rings. The highest BCUT2D eigenvalue weighted by Gasteiger charge is 2.20. The van der Waals surface area contributed by atoms with E-state index < -0.39 is 0 Å². The topological polar surface area (TPSA) is 13.1 Å². The van der Waals surface area contributed by atoms with Crippen LogP contribution in [0.15, 0.2) is 211 Å². The molecule has 0 bridgehead atoms. The van der Waals surface area contributed by atoms with Gasteiger partial charge in [-0.15, -0.1) is 0 Å². The van der Waals surface area contributed by atoms with E-state index in [9.17, 15) is 0 Å². The Balaban J connectivity index is 1.07. The van der Waals surface area contributed by atoms with Crippen LogP contribution in [0.3, 0.4) is 0 Å². The Morgan fingerprint density at radius 2 is 0.782 bits per heavy atom. The van der Waals surface area contributed by atoms with E-state index >= 15 is 0 Å². The van der Waals surface area contributed by atoms with Crippen LogP contribution in [0, 0.1) is 0 Å². The number of rotatable bonds is 5. The first kappa shape index (κ1) is 31.3. The fraction of sp³-hybridized carbons (Fsp3) is 0. The van der Waals surface area contributed by atoms with Crippen molar-refractivity contribution in [1.29, 1.82) is 0 Å². The Kier molecular flexibility index (Phi) is 7.25. The lowest BCUT2D eigenvalue weighted by Gasteiger charge is -2.19. The standard InChI is InChI=1S/C54H34O/c1-3-15-37(16-4-1)51-44-23-11-12-24-45(44)52(38-17-5-2-6-18-38)48-33-39(31-32-46(48)51)35-27-29-36(30-28-35)41-20-9-10-22-43(41)49-34-40-19-7-8-21-42(40)53-47-25-13-14-26-50(47)55-54(49)53/h1-34H. The molecule has 0 amide bonds. The quantitative estimate of drug-likeness (QED) is 0.163. The summed E-state index contributed by atoms with van der Waals surface area (Å²) in [6, 6.07) is 74.6. The number of para-hydroxylation sites is 1. The van der Waals surface area contributed by atoms with Crippen molar-refractivity contribution in [2.75, 3.05) is 0 Å². The zero-order valence-corrected chi connectivity index (χ0v) is 30.0. The second kappa shape index (κ2) is 12.7. The van der Waals surface area contributed by atoms with Crippen molar-refractivity contribution in [3.8, 4) is 55.6 Å². The Morgan fingerprint density at radius 1 is 0.273 bits per heavy atom.